The summed E-state index contributed by atoms with van der Waals surface area (Å²) in [7, 11) is 0. The zero-order valence-electron chi connectivity index (χ0n) is 10.4. The van der Waals surface area contributed by atoms with Crippen molar-refractivity contribution in [3.63, 3.8) is 0 Å². The van der Waals surface area contributed by atoms with Crippen LogP contribution in [0.25, 0.3) is 0 Å². The van der Waals surface area contributed by atoms with Crippen molar-refractivity contribution in [1.29, 1.82) is 0 Å². The van der Waals surface area contributed by atoms with Crippen molar-refractivity contribution in [3.05, 3.63) is 34.9 Å². The Labute approximate surface area is 119 Å². The lowest BCUT2D eigenvalue weighted by atomic mass is 9.87. The zero-order chi connectivity index (χ0) is 12.9. The topological polar surface area (TPSA) is 63.3 Å². The third-order valence-corrected chi connectivity index (χ3v) is 3.09. The molecule has 0 radical (unpaired) electrons. The Morgan fingerprint density at radius 1 is 1.39 bits per heavy atom. The van der Waals surface area contributed by atoms with Gasteiger partial charge in [0.2, 0.25) is 0 Å². The summed E-state index contributed by atoms with van der Waals surface area (Å²) in [5, 5.41) is 9.86. The first-order valence-corrected chi connectivity index (χ1v) is 6.12. The summed E-state index contributed by atoms with van der Waals surface area (Å²) in [6, 6.07) is 7.13. The fraction of sp³-hybridized carbons (Fsp3) is 0.462. The van der Waals surface area contributed by atoms with Gasteiger partial charge in [0.15, 0.2) is 0 Å². The fourth-order valence-electron chi connectivity index (χ4n) is 1.73. The van der Waals surface area contributed by atoms with Crippen LogP contribution in [0, 0.1) is 0 Å². The monoisotopic (exact) mass is 291 g/mol. The average Bonchev–Trinajstić information content (AvgIpc) is 2.29. The van der Waals surface area contributed by atoms with Gasteiger partial charge >= 0.3 is 5.97 Å². The summed E-state index contributed by atoms with van der Waals surface area (Å²) in [6.07, 6.45) is 2.57. The maximum Gasteiger partial charge on any atom is 0.324 e. The Hall–Kier alpha value is -0.770. The standard InChI is InChI=1S/C13H18ClNO2.ClH/c1-2-3-8-13(15,12(16)17)9-10-4-6-11(14)7-5-10;/h4-7H,2-3,8-9,15H2,1H3,(H,16,17);1H. The van der Waals surface area contributed by atoms with Gasteiger partial charge in [-0.1, -0.05) is 43.5 Å². The average molecular weight is 292 g/mol. The number of carboxylic acids is 1. The minimum atomic E-state index is -1.18. The molecule has 1 aromatic carbocycles. The molecule has 1 atom stereocenters. The van der Waals surface area contributed by atoms with E-state index in [0.29, 0.717) is 17.9 Å². The summed E-state index contributed by atoms with van der Waals surface area (Å²) in [5.74, 6) is -0.944. The molecule has 0 saturated heterocycles. The first-order chi connectivity index (χ1) is 7.98. The van der Waals surface area contributed by atoms with Gasteiger partial charge < -0.3 is 10.8 Å². The van der Waals surface area contributed by atoms with Crippen LogP contribution in [-0.2, 0) is 11.2 Å². The molecule has 1 unspecified atom stereocenters. The normalized spacial score (nSPS) is 13.5. The van der Waals surface area contributed by atoms with Crippen molar-refractivity contribution in [1.82, 2.24) is 0 Å². The third-order valence-electron chi connectivity index (χ3n) is 2.84. The van der Waals surface area contributed by atoms with E-state index in [1.165, 1.54) is 0 Å². The zero-order valence-corrected chi connectivity index (χ0v) is 11.9. The number of halogens is 2. The van der Waals surface area contributed by atoms with Gasteiger partial charge in [-0.15, -0.1) is 12.4 Å². The number of aliphatic carboxylic acids is 1. The van der Waals surface area contributed by atoms with Crippen LogP contribution < -0.4 is 5.73 Å². The van der Waals surface area contributed by atoms with E-state index in [4.69, 9.17) is 17.3 Å². The first-order valence-electron chi connectivity index (χ1n) is 5.74. The Morgan fingerprint density at radius 3 is 2.39 bits per heavy atom. The van der Waals surface area contributed by atoms with Crippen LogP contribution in [0.3, 0.4) is 0 Å². The Morgan fingerprint density at radius 2 is 1.94 bits per heavy atom. The summed E-state index contributed by atoms with van der Waals surface area (Å²) >= 11 is 5.78. The molecule has 0 aromatic heterocycles. The quantitative estimate of drug-likeness (QED) is 0.845. The van der Waals surface area contributed by atoms with E-state index in [2.05, 4.69) is 0 Å². The highest BCUT2D eigenvalue weighted by Crippen LogP contribution is 2.19. The Kier molecular flexibility index (Phi) is 7.29. The molecule has 3 N–H and O–H groups in total. The lowest BCUT2D eigenvalue weighted by molar-refractivity contribution is -0.143. The van der Waals surface area contributed by atoms with Crippen LogP contribution in [0.15, 0.2) is 24.3 Å². The molecule has 0 heterocycles. The molecular formula is C13H19Cl2NO2. The lowest BCUT2D eigenvalue weighted by Gasteiger charge is -2.24. The van der Waals surface area contributed by atoms with E-state index >= 15 is 0 Å². The van der Waals surface area contributed by atoms with E-state index in [-0.39, 0.29) is 12.4 Å². The molecule has 0 fully saturated rings. The number of hydrogen-bond acceptors (Lipinski definition) is 2. The molecule has 0 aliphatic heterocycles. The van der Waals surface area contributed by atoms with Crippen molar-refractivity contribution < 1.29 is 9.90 Å². The predicted octanol–water partition coefficient (Wildman–Crippen LogP) is 3.28. The second-order valence-electron chi connectivity index (χ2n) is 4.37. The summed E-state index contributed by atoms with van der Waals surface area (Å²) in [5.41, 5.74) is 5.69. The van der Waals surface area contributed by atoms with Crippen molar-refractivity contribution in [2.75, 3.05) is 0 Å². The molecule has 0 bridgehead atoms. The van der Waals surface area contributed by atoms with Crippen LogP contribution in [0.5, 0.6) is 0 Å². The molecule has 3 nitrogen and oxygen atoms in total. The van der Waals surface area contributed by atoms with Crippen LogP contribution in [0.1, 0.15) is 31.7 Å². The van der Waals surface area contributed by atoms with Gasteiger partial charge in [-0.25, -0.2) is 0 Å². The number of unbranched alkanes of at least 4 members (excludes halogenated alkanes) is 1. The molecule has 0 saturated carbocycles. The summed E-state index contributed by atoms with van der Waals surface area (Å²) in [4.78, 5) is 11.2. The Bertz CT molecular complexity index is 381. The SMILES string of the molecule is CCCCC(N)(Cc1ccc(Cl)cc1)C(=O)O.Cl. The smallest absolute Gasteiger partial charge is 0.324 e. The van der Waals surface area contributed by atoms with Crippen molar-refractivity contribution >= 4 is 30.0 Å². The minimum Gasteiger partial charge on any atom is -0.480 e. The van der Waals surface area contributed by atoms with E-state index < -0.39 is 11.5 Å². The number of hydrogen-bond donors (Lipinski definition) is 2. The molecular weight excluding hydrogens is 273 g/mol. The van der Waals surface area contributed by atoms with E-state index in [0.717, 1.165) is 18.4 Å². The molecule has 1 aromatic rings. The number of carbonyl (C=O) groups is 1. The van der Waals surface area contributed by atoms with Crippen LogP contribution in [0.4, 0.5) is 0 Å². The highest BCUT2D eigenvalue weighted by atomic mass is 35.5. The second kappa shape index (κ2) is 7.62. The second-order valence-corrected chi connectivity index (χ2v) is 4.80. The van der Waals surface area contributed by atoms with Crippen molar-refractivity contribution in [3.8, 4) is 0 Å². The molecule has 0 aliphatic rings. The number of rotatable bonds is 6. The molecule has 0 aliphatic carbocycles. The molecule has 0 spiro atoms. The minimum absolute atomic E-state index is 0. The largest absolute Gasteiger partial charge is 0.480 e. The van der Waals surface area contributed by atoms with Gasteiger partial charge in [0.05, 0.1) is 0 Å². The lowest BCUT2D eigenvalue weighted by Crippen LogP contribution is -2.49. The predicted molar refractivity (Wildman–Crippen MR) is 76.5 cm³/mol. The fourth-order valence-corrected chi connectivity index (χ4v) is 1.86. The Balaban J connectivity index is 0.00000289. The maximum atomic E-state index is 11.2. The van der Waals surface area contributed by atoms with Crippen LogP contribution >= 0.6 is 24.0 Å². The number of carboxylic acid groups (broad SMARTS) is 1. The van der Waals surface area contributed by atoms with Gasteiger partial charge in [0.25, 0.3) is 0 Å². The summed E-state index contributed by atoms with van der Waals surface area (Å²) < 4.78 is 0. The highest BCUT2D eigenvalue weighted by Gasteiger charge is 2.33. The number of benzene rings is 1. The van der Waals surface area contributed by atoms with Gasteiger partial charge in [-0.2, -0.15) is 0 Å². The molecule has 18 heavy (non-hydrogen) atoms. The molecule has 0 amide bonds. The molecule has 5 heteroatoms. The van der Waals surface area contributed by atoms with Gasteiger partial charge in [0, 0.05) is 11.4 Å². The van der Waals surface area contributed by atoms with Crippen LogP contribution in [0.2, 0.25) is 5.02 Å². The highest BCUT2D eigenvalue weighted by molar-refractivity contribution is 6.30. The van der Waals surface area contributed by atoms with E-state index in [1.54, 1.807) is 12.1 Å². The van der Waals surface area contributed by atoms with Crippen LogP contribution in [-0.4, -0.2) is 16.6 Å². The van der Waals surface area contributed by atoms with Crippen molar-refractivity contribution in [2.45, 2.75) is 38.1 Å². The van der Waals surface area contributed by atoms with E-state index in [1.807, 2.05) is 19.1 Å². The molecule has 1 rings (SSSR count). The molecule has 102 valence electrons. The summed E-state index contributed by atoms with van der Waals surface area (Å²) in [6.45, 7) is 2.02. The van der Waals surface area contributed by atoms with Gasteiger partial charge in [-0.05, 0) is 24.1 Å². The van der Waals surface area contributed by atoms with E-state index in [9.17, 15) is 9.90 Å². The first kappa shape index (κ1) is 17.2. The van der Waals surface area contributed by atoms with Gasteiger partial charge in [0.1, 0.15) is 5.54 Å². The van der Waals surface area contributed by atoms with Gasteiger partial charge in [-0.3, -0.25) is 4.79 Å². The third kappa shape index (κ3) is 4.84. The maximum absolute atomic E-state index is 11.2. The van der Waals surface area contributed by atoms with Crippen molar-refractivity contribution in [2.24, 2.45) is 5.73 Å². The number of nitrogens with two attached hydrogens (primary N) is 1.